The first-order valence-electron chi connectivity index (χ1n) is 6.39. The molecule has 0 N–H and O–H groups in total. The van der Waals surface area contributed by atoms with Crippen LogP contribution in [0.25, 0.3) is 0 Å². The third-order valence-electron chi connectivity index (χ3n) is 3.11. The zero-order valence-corrected chi connectivity index (χ0v) is 11.5. The largest absolute Gasteiger partial charge is 0.456 e. The molecule has 0 aliphatic rings. The van der Waals surface area contributed by atoms with Crippen LogP contribution >= 0.6 is 0 Å². The molecule has 0 aliphatic heterocycles. The van der Waals surface area contributed by atoms with Crippen LogP contribution in [0.2, 0.25) is 0 Å². The van der Waals surface area contributed by atoms with Gasteiger partial charge in [-0.15, -0.1) is 0 Å². The fraction of sp³-hybridized carbons (Fsp3) is 0.235. The van der Waals surface area contributed by atoms with Gasteiger partial charge in [0.1, 0.15) is 17.6 Å². The van der Waals surface area contributed by atoms with Crippen molar-refractivity contribution < 1.29 is 4.74 Å². The Kier molecular flexibility index (Phi) is 3.87. The highest BCUT2D eigenvalue weighted by Gasteiger charge is 2.08. The van der Waals surface area contributed by atoms with E-state index in [9.17, 15) is 0 Å². The summed E-state index contributed by atoms with van der Waals surface area (Å²) in [5, 5.41) is 9.08. The van der Waals surface area contributed by atoms with Crippen LogP contribution in [0.15, 0.2) is 42.5 Å². The first kappa shape index (κ1) is 13.2. The topological polar surface area (TPSA) is 33.0 Å². The number of ether oxygens (including phenoxy) is 1. The molecule has 0 fully saturated rings. The molecule has 2 aromatic rings. The number of hydrogen-bond acceptors (Lipinski definition) is 2. The van der Waals surface area contributed by atoms with Crippen molar-refractivity contribution in [1.82, 2.24) is 0 Å². The van der Waals surface area contributed by atoms with E-state index in [0.29, 0.717) is 17.2 Å². The zero-order valence-electron chi connectivity index (χ0n) is 11.5. The second kappa shape index (κ2) is 5.58. The van der Waals surface area contributed by atoms with E-state index < -0.39 is 0 Å². The minimum atomic E-state index is 0.453. The van der Waals surface area contributed by atoms with Gasteiger partial charge in [-0.3, -0.25) is 0 Å². The maximum atomic E-state index is 9.08. The Morgan fingerprint density at radius 2 is 1.79 bits per heavy atom. The maximum absolute atomic E-state index is 9.08. The molecule has 2 aromatic carbocycles. The van der Waals surface area contributed by atoms with Gasteiger partial charge in [-0.05, 0) is 42.2 Å². The van der Waals surface area contributed by atoms with E-state index in [1.165, 1.54) is 5.56 Å². The third kappa shape index (κ3) is 2.95. The van der Waals surface area contributed by atoms with Crippen molar-refractivity contribution in [1.29, 1.82) is 5.26 Å². The highest BCUT2D eigenvalue weighted by Crippen LogP contribution is 2.30. The molecule has 0 amide bonds. The van der Waals surface area contributed by atoms with E-state index in [-0.39, 0.29) is 0 Å². The maximum Gasteiger partial charge on any atom is 0.145 e. The molecule has 2 rings (SSSR count). The van der Waals surface area contributed by atoms with E-state index in [1.807, 2.05) is 31.2 Å². The van der Waals surface area contributed by atoms with E-state index in [2.05, 4.69) is 32.0 Å². The fourth-order valence-electron chi connectivity index (χ4n) is 1.85. The number of nitriles is 1. The minimum absolute atomic E-state index is 0.453. The van der Waals surface area contributed by atoms with Crippen molar-refractivity contribution in [2.45, 2.75) is 26.7 Å². The van der Waals surface area contributed by atoms with Crippen molar-refractivity contribution in [3.05, 3.63) is 59.2 Å². The second-order valence-corrected chi connectivity index (χ2v) is 4.89. The number of nitrogens with zero attached hydrogens (tertiary/aromatic N) is 1. The van der Waals surface area contributed by atoms with E-state index >= 15 is 0 Å². The Hall–Kier alpha value is -2.27. The van der Waals surface area contributed by atoms with Gasteiger partial charge in [0.15, 0.2) is 0 Å². The molecule has 0 bridgehead atoms. The molecule has 0 saturated heterocycles. The van der Waals surface area contributed by atoms with Gasteiger partial charge in [0.2, 0.25) is 0 Å². The molecular formula is C17H17NO. The average Bonchev–Trinajstić information content (AvgIpc) is 2.41. The van der Waals surface area contributed by atoms with E-state index in [1.54, 1.807) is 6.07 Å². The molecule has 96 valence electrons. The predicted molar refractivity (Wildman–Crippen MR) is 76.5 cm³/mol. The molecule has 0 unspecified atom stereocenters. The van der Waals surface area contributed by atoms with Gasteiger partial charge >= 0.3 is 0 Å². The van der Waals surface area contributed by atoms with Gasteiger partial charge in [-0.1, -0.05) is 38.1 Å². The van der Waals surface area contributed by atoms with Gasteiger partial charge in [0, 0.05) is 0 Å². The Balaban J connectivity index is 2.38. The summed E-state index contributed by atoms with van der Waals surface area (Å²) in [4.78, 5) is 0. The summed E-state index contributed by atoms with van der Waals surface area (Å²) in [6, 6.07) is 15.7. The highest BCUT2D eigenvalue weighted by atomic mass is 16.5. The molecule has 2 nitrogen and oxygen atoms in total. The molecular weight excluding hydrogens is 234 g/mol. The number of para-hydroxylation sites is 1. The van der Waals surface area contributed by atoms with Gasteiger partial charge in [0.05, 0.1) is 5.56 Å². The second-order valence-electron chi connectivity index (χ2n) is 4.89. The van der Waals surface area contributed by atoms with Crippen LogP contribution in [-0.4, -0.2) is 0 Å². The number of aryl methyl sites for hydroxylation is 1. The lowest BCUT2D eigenvalue weighted by molar-refractivity contribution is 0.476. The van der Waals surface area contributed by atoms with Crippen LogP contribution in [0.1, 0.15) is 36.5 Å². The summed E-state index contributed by atoms with van der Waals surface area (Å²) in [6.45, 7) is 6.31. The Morgan fingerprint density at radius 3 is 2.47 bits per heavy atom. The van der Waals surface area contributed by atoms with Crippen molar-refractivity contribution in [2.24, 2.45) is 0 Å². The zero-order chi connectivity index (χ0) is 13.8. The van der Waals surface area contributed by atoms with Crippen molar-refractivity contribution in [2.75, 3.05) is 0 Å². The molecule has 0 heterocycles. The molecule has 2 heteroatoms. The molecule has 0 atom stereocenters. The summed E-state index contributed by atoms with van der Waals surface area (Å²) in [7, 11) is 0. The van der Waals surface area contributed by atoms with Gasteiger partial charge in [-0.2, -0.15) is 5.26 Å². The quantitative estimate of drug-likeness (QED) is 0.786. The molecule has 0 spiro atoms. The highest BCUT2D eigenvalue weighted by molar-refractivity contribution is 5.47. The Bertz CT molecular complexity index is 623. The lowest BCUT2D eigenvalue weighted by atomic mass is 10.0. The standard InChI is InChI=1S/C17H17NO/c1-12(2)14-9-8-13(3)17(10-14)19-16-7-5-4-6-15(16)11-18/h4-10,12H,1-3H3. The van der Waals surface area contributed by atoms with Gasteiger partial charge in [0.25, 0.3) is 0 Å². The van der Waals surface area contributed by atoms with Crippen LogP contribution in [0.3, 0.4) is 0 Å². The lowest BCUT2D eigenvalue weighted by Gasteiger charge is -2.13. The summed E-state index contributed by atoms with van der Waals surface area (Å²) in [5.74, 6) is 1.87. The molecule has 0 radical (unpaired) electrons. The number of hydrogen-bond donors (Lipinski definition) is 0. The third-order valence-corrected chi connectivity index (χ3v) is 3.11. The van der Waals surface area contributed by atoms with E-state index in [4.69, 9.17) is 10.00 Å². The molecule has 0 aromatic heterocycles. The number of rotatable bonds is 3. The summed E-state index contributed by atoms with van der Waals surface area (Å²) < 4.78 is 5.90. The first-order valence-corrected chi connectivity index (χ1v) is 6.39. The number of benzene rings is 2. The molecule has 19 heavy (non-hydrogen) atoms. The molecule has 0 saturated carbocycles. The lowest BCUT2D eigenvalue weighted by Crippen LogP contribution is -1.93. The minimum Gasteiger partial charge on any atom is -0.456 e. The smallest absolute Gasteiger partial charge is 0.145 e. The average molecular weight is 251 g/mol. The van der Waals surface area contributed by atoms with Crippen LogP contribution < -0.4 is 4.74 Å². The van der Waals surface area contributed by atoms with Crippen molar-refractivity contribution >= 4 is 0 Å². The van der Waals surface area contributed by atoms with Crippen LogP contribution in [-0.2, 0) is 0 Å². The molecule has 0 aliphatic carbocycles. The van der Waals surface area contributed by atoms with E-state index in [0.717, 1.165) is 11.3 Å². The van der Waals surface area contributed by atoms with Gasteiger partial charge in [-0.25, -0.2) is 0 Å². The first-order chi connectivity index (χ1) is 9.11. The SMILES string of the molecule is Cc1ccc(C(C)C)cc1Oc1ccccc1C#N. The van der Waals surface area contributed by atoms with Crippen molar-refractivity contribution in [3.8, 4) is 17.6 Å². The normalized spacial score (nSPS) is 10.3. The van der Waals surface area contributed by atoms with Crippen LogP contribution in [0, 0.1) is 18.3 Å². The Morgan fingerprint density at radius 1 is 1.05 bits per heavy atom. The monoisotopic (exact) mass is 251 g/mol. The fourth-order valence-corrected chi connectivity index (χ4v) is 1.85. The summed E-state index contributed by atoms with van der Waals surface area (Å²) >= 11 is 0. The summed E-state index contributed by atoms with van der Waals surface area (Å²) in [6.07, 6.45) is 0. The summed E-state index contributed by atoms with van der Waals surface area (Å²) in [5.41, 5.74) is 2.85. The predicted octanol–water partition coefficient (Wildman–Crippen LogP) is 4.78. The van der Waals surface area contributed by atoms with Crippen LogP contribution in [0.4, 0.5) is 0 Å². The van der Waals surface area contributed by atoms with Crippen LogP contribution in [0.5, 0.6) is 11.5 Å². The van der Waals surface area contributed by atoms with Gasteiger partial charge < -0.3 is 4.74 Å². The van der Waals surface area contributed by atoms with Crippen molar-refractivity contribution in [3.63, 3.8) is 0 Å². The Labute approximate surface area is 114 Å².